The van der Waals surface area contributed by atoms with Crippen LogP contribution in [0.2, 0.25) is 0 Å². The zero-order chi connectivity index (χ0) is 18.0. The molecule has 8 nitrogen and oxygen atoms in total. The van der Waals surface area contributed by atoms with Gasteiger partial charge in [0.05, 0.1) is 5.60 Å². The van der Waals surface area contributed by atoms with Crippen LogP contribution < -0.4 is 11.2 Å². The highest BCUT2D eigenvalue weighted by atomic mass is 32.2. The van der Waals surface area contributed by atoms with Crippen LogP contribution in [0.3, 0.4) is 0 Å². The first-order valence-corrected chi connectivity index (χ1v) is 7.13. The van der Waals surface area contributed by atoms with Gasteiger partial charge in [-0.2, -0.15) is 26.0 Å². The normalized spacial score (nSPS) is 16.3. The Hall–Kier alpha value is -1.69. The Kier molecular flexibility index (Phi) is 5.72. The zero-order valence-electron chi connectivity index (χ0n) is 12.2. The maximum Gasteiger partial charge on any atom is 0.518 e. The molecule has 0 spiro atoms. The number of alkyl halides is 3. The van der Waals surface area contributed by atoms with Gasteiger partial charge >= 0.3 is 15.5 Å². The molecule has 0 saturated heterocycles. The molecule has 0 rings (SSSR count). The molecule has 12 heteroatoms. The molecular formula is C10H16F3N3O5S. The highest BCUT2D eigenvalue weighted by molar-refractivity contribution is 7.91. The van der Waals surface area contributed by atoms with Crippen LogP contribution in [-0.4, -0.2) is 37.6 Å². The molecule has 0 aromatic rings. The van der Waals surface area contributed by atoms with Gasteiger partial charge in [0.1, 0.15) is 0 Å². The van der Waals surface area contributed by atoms with Crippen molar-refractivity contribution in [1.29, 1.82) is 0 Å². The van der Waals surface area contributed by atoms with E-state index in [4.69, 9.17) is 10.6 Å². The number of carbonyl (C=O) groups excluding carboxylic acids is 2. The molecule has 1 atom stereocenters. The summed E-state index contributed by atoms with van der Waals surface area (Å²) in [5.74, 6) is -2.68. The minimum atomic E-state index is -5.90. The van der Waals surface area contributed by atoms with Gasteiger partial charge in [0, 0.05) is 6.21 Å². The lowest BCUT2D eigenvalue weighted by molar-refractivity contribution is -0.154. The van der Waals surface area contributed by atoms with Crippen molar-refractivity contribution < 1.29 is 36.0 Å². The summed E-state index contributed by atoms with van der Waals surface area (Å²) in [6.07, 6.45) is 0.0134. The number of nitrogens with one attached hydrogen (secondary N) is 1. The summed E-state index contributed by atoms with van der Waals surface area (Å²) < 4.78 is 60.5. The van der Waals surface area contributed by atoms with Gasteiger partial charge in [-0.15, -0.1) is 0 Å². The van der Waals surface area contributed by atoms with Gasteiger partial charge < -0.3 is 5.73 Å². The molecule has 0 aliphatic heterocycles. The van der Waals surface area contributed by atoms with Crippen LogP contribution in [0.4, 0.5) is 13.2 Å². The van der Waals surface area contributed by atoms with E-state index in [1.165, 1.54) is 20.8 Å². The predicted octanol–water partition coefficient (Wildman–Crippen LogP) is 0.245. The van der Waals surface area contributed by atoms with Crippen molar-refractivity contribution in [1.82, 2.24) is 5.48 Å². The second-order valence-corrected chi connectivity index (χ2v) is 6.99. The van der Waals surface area contributed by atoms with Gasteiger partial charge in [0.15, 0.2) is 5.41 Å². The third-order valence-electron chi connectivity index (χ3n) is 2.18. The van der Waals surface area contributed by atoms with Gasteiger partial charge in [-0.05, 0) is 27.7 Å². The van der Waals surface area contributed by atoms with Gasteiger partial charge in [0.2, 0.25) is 5.91 Å². The third kappa shape index (κ3) is 5.26. The molecular weight excluding hydrogens is 331 g/mol. The molecule has 1 unspecified atom stereocenters. The predicted molar refractivity (Wildman–Crippen MR) is 69.7 cm³/mol. The molecule has 0 aliphatic rings. The maximum absolute atomic E-state index is 12.2. The molecule has 0 saturated carbocycles. The van der Waals surface area contributed by atoms with E-state index < -0.39 is 38.4 Å². The number of hydrogen-bond acceptors (Lipinski definition) is 5. The lowest BCUT2D eigenvalue weighted by Crippen LogP contribution is -2.50. The summed E-state index contributed by atoms with van der Waals surface area (Å²) in [6, 6.07) is 0. The Morgan fingerprint density at radius 1 is 1.18 bits per heavy atom. The average Bonchev–Trinajstić information content (AvgIpc) is 2.30. The van der Waals surface area contributed by atoms with Crippen molar-refractivity contribution in [3.63, 3.8) is 0 Å². The number of nitrogens with two attached hydrogens (primary N) is 1. The van der Waals surface area contributed by atoms with Crippen molar-refractivity contribution in [3.8, 4) is 0 Å². The van der Waals surface area contributed by atoms with E-state index in [0.717, 1.165) is 6.92 Å². The van der Waals surface area contributed by atoms with Gasteiger partial charge in [-0.3, -0.25) is 14.4 Å². The monoisotopic (exact) mass is 347 g/mol. The number of carbonyl (C=O) groups is 2. The molecule has 0 bridgehead atoms. The van der Waals surface area contributed by atoms with Crippen molar-refractivity contribution in [3.05, 3.63) is 0 Å². The van der Waals surface area contributed by atoms with Crippen molar-refractivity contribution >= 4 is 28.1 Å². The number of halogens is 3. The summed E-state index contributed by atoms with van der Waals surface area (Å²) in [6.45, 7) is 5.41. The minimum absolute atomic E-state index is 0.0134. The summed E-state index contributed by atoms with van der Waals surface area (Å²) in [5.41, 5.74) is -2.25. The quantitative estimate of drug-likeness (QED) is 0.418. The van der Waals surface area contributed by atoms with Crippen LogP contribution in [0.25, 0.3) is 0 Å². The van der Waals surface area contributed by atoms with E-state index in [1.54, 1.807) is 0 Å². The summed E-state index contributed by atoms with van der Waals surface area (Å²) in [7, 11) is -5.90. The topological polar surface area (TPSA) is 128 Å². The van der Waals surface area contributed by atoms with Crippen LogP contribution >= 0.6 is 0 Å². The number of nitrogens with zero attached hydrogens (tertiary/aromatic N) is 1. The summed E-state index contributed by atoms with van der Waals surface area (Å²) in [4.78, 5) is 28.0. The molecule has 2 amide bonds. The van der Waals surface area contributed by atoms with Crippen molar-refractivity contribution in [2.24, 2.45) is 15.5 Å². The molecule has 0 radical (unpaired) electrons. The second-order valence-electron chi connectivity index (χ2n) is 5.37. The Morgan fingerprint density at radius 3 is 1.95 bits per heavy atom. The standard InChI is InChI=1S/C10H16F3N3O5S/c1-8(2,3)21-16-7(18)9(4,6(14)17)5-15-22(19,20)10(11,12)13/h5H,1-4H3,(H2,14,17)(H,16,18)/b15-5+. The number of hydroxylamine groups is 1. The van der Waals surface area contributed by atoms with Gasteiger partial charge in [0.25, 0.3) is 5.91 Å². The van der Waals surface area contributed by atoms with Gasteiger partial charge in [-0.1, -0.05) is 0 Å². The van der Waals surface area contributed by atoms with E-state index >= 15 is 0 Å². The smallest absolute Gasteiger partial charge is 0.368 e. The molecule has 0 aliphatic carbocycles. The van der Waals surface area contributed by atoms with Crippen molar-refractivity contribution in [2.45, 2.75) is 38.8 Å². The molecule has 22 heavy (non-hydrogen) atoms. The zero-order valence-corrected chi connectivity index (χ0v) is 13.0. The Labute approximate surface area is 124 Å². The van der Waals surface area contributed by atoms with E-state index in [0.29, 0.717) is 0 Å². The fraction of sp³-hybridized carbons (Fsp3) is 0.700. The number of hydrogen-bond donors (Lipinski definition) is 2. The van der Waals surface area contributed by atoms with E-state index in [1.807, 2.05) is 5.48 Å². The van der Waals surface area contributed by atoms with Crippen LogP contribution in [0.5, 0.6) is 0 Å². The first-order chi connectivity index (χ1) is 9.53. The second kappa shape index (κ2) is 6.20. The third-order valence-corrected chi connectivity index (χ3v) is 3.14. The lowest BCUT2D eigenvalue weighted by atomic mass is 9.91. The number of sulfonamides is 1. The highest BCUT2D eigenvalue weighted by Gasteiger charge is 2.47. The molecule has 0 heterocycles. The average molecular weight is 347 g/mol. The molecule has 0 aromatic heterocycles. The SMILES string of the molecule is CC(C)(C)ONC(=O)C(C)(/C=N/S(=O)(=O)C(F)(F)F)C(N)=O. The number of rotatable bonds is 5. The Bertz CT molecular complexity index is 580. The first-order valence-electron chi connectivity index (χ1n) is 5.69. The number of primary amides is 1. The molecule has 0 fully saturated rings. The summed E-state index contributed by atoms with van der Waals surface area (Å²) in [5, 5.41) is 0. The van der Waals surface area contributed by atoms with Gasteiger partial charge in [-0.25, -0.2) is 5.48 Å². The fourth-order valence-corrected chi connectivity index (χ4v) is 1.24. The molecule has 3 N–H and O–H groups in total. The minimum Gasteiger partial charge on any atom is -0.368 e. The summed E-state index contributed by atoms with van der Waals surface area (Å²) >= 11 is 0. The van der Waals surface area contributed by atoms with E-state index in [9.17, 15) is 31.2 Å². The molecule has 0 aromatic carbocycles. The van der Waals surface area contributed by atoms with E-state index in [-0.39, 0.29) is 6.21 Å². The van der Waals surface area contributed by atoms with Crippen LogP contribution in [0, 0.1) is 5.41 Å². The Balaban J connectivity index is 5.47. The van der Waals surface area contributed by atoms with Crippen LogP contribution in [0.1, 0.15) is 27.7 Å². The number of amides is 2. The molecule has 128 valence electrons. The lowest BCUT2D eigenvalue weighted by Gasteiger charge is -2.24. The highest BCUT2D eigenvalue weighted by Crippen LogP contribution is 2.25. The largest absolute Gasteiger partial charge is 0.518 e. The Morgan fingerprint density at radius 2 is 1.64 bits per heavy atom. The van der Waals surface area contributed by atoms with E-state index in [2.05, 4.69) is 4.40 Å². The van der Waals surface area contributed by atoms with Crippen LogP contribution in [-0.2, 0) is 24.4 Å². The first kappa shape index (κ1) is 20.3. The van der Waals surface area contributed by atoms with Crippen molar-refractivity contribution in [2.75, 3.05) is 0 Å². The van der Waals surface area contributed by atoms with Crippen LogP contribution in [0.15, 0.2) is 4.40 Å². The fourth-order valence-electron chi connectivity index (χ4n) is 0.774. The maximum atomic E-state index is 12.2.